The van der Waals surface area contributed by atoms with Crippen molar-refractivity contribution in [2.45, 2.75) is 0 Å². The fourth-order valence-electron chi connectivity index (χ4n) is 3.00. The Morgan fingerprint density at radius 2 is 1.63 bits per heavy atom. The second-order valence-electron chi connectivity index (χ2n) is 5.99. The molecule has 0 saturated carbocycles. The molecule has 0 aliphatic carbocycles. The Labute approximate surface area is 159 Å². The van der Waals surface area contributed by atoms with Crippen LogP contribution in [0.25, 0.3) is 27.3 Å². The van der Waals surface area contributed by atoms with Crippen molar-refractivity contribution >= 4 is 17.0 Å². The van der Waals surface area contributed by atoms with Crippen molar-refractivity contribution in [2.75, 3.05) is 0 Å². The van der Waals surface area contributed by atoms with Gasteiger partial charge in [-0.25, -0.2) is 9.97 Å². The van der Waals surface area contributed by atoms with Gasteiger partial charge in [-0.15, -0.1) is 0 Å². The predicted octanol–water partition coefficient (Wildman–Crippen LogP) is 5.31. The molecule has 5 nitrogen and oxygen atoms in total. The fraction of sp³-hybridized carbons (Fsp3) is 0. The number of fused-ring (bicyclic) bond motifs is 1. The molecule has 0 amide bonds. The summed E-state index contributed by atoms with van der Waals surface area (Å²) >= 11 is 1.37. The number of benzene rings is 2. The number of pyridine rings is 1. The lowest BCUT2D eigenvalue weighted by molar-refractivity contribution is 0.483. The van der Waals surface area contributed by atoms with E-state index in [4.69, 9.17) is 4.74 Å². The Bertz CT molecular complexity index is 1210. The number of aromatic nitrogens is 4. The largest absolute Gasteiger partial charge is 0.457 e. The molecule has 0 bridgehead atoms. The van der Waals surface area contributed by atoms with Crippen LogP contribution < -0.4 is 4.74 Å². The van der Waals surface area contributed by atoms with Gasteiger partial charge >= 0.3 is 0 Å². The van der Waals surface area contributed by atoms with E-state index < -0.39 is 0 Å². The van der Waals surface area contributed by atoms with Gasteiger partial charge in [0.1, 0.15) is 22.8 Å². The number of hydrogen-bond acceptors (Lipinski definition) is 5. The number of hydrogen-bond donors (Lipinski definition) is 0. The summed E-state index contributed by atoms with van der Waals surface area (Å²) in [6.07, 6.45) is 5.38. The standard InChI is InChI=1S/C21H14N4OS/c1-2-10-25-14-23-20(19(25)9-1)15-5-3-7-17(11-15)26-18-8-4-6-16(12-18)21-22-13-24-27-21/h1-14H. The lowest BCUT2D eigenvalue weighted by Crippen LogP contribution is -1.87. The molecular formula is C21H14N4OS. The molecule has 0 aliphatic heterocycles. The molecule has 27 heavy (non-hydrogen) atoms. The minimum Gasteiger partial charge on any atom is -0.457 e. The van der Waals surface area contributed by atoms with Crippen LogP contribution >= 0.6 is 11.5 Å². The van der Waals surface area contributed by atoms with E-state index >= 15 is 0 Å². The Kier molecular flexibility index (Phi) is 3.88. The lowest BCUT2D eigenvalue weighted by atomic mass is 10.1. The first-order chi connectivity index (χ1) is 13.4. The molecule has 2 aromatic carbocycles. The van der Waals surface area contributed by atoms with Gasteiger partial charge in [-0.05, 0) is 47.9 Å². The fourth-order valence-corrected chi connectivity index (χ4v) is 3.52. The van der Waals surface area contributed by atoms with Crippen LogP contribution in [0.5, 0.6) is 11.5 Å². The normalized spacial score (nSPS) is 11.0. The predicted molar refractivity (Wildman–Crippen MR) is 106 cm³/mol. The van der Waals surface area contributed by atoms with E-state index in [0.717, 1.165) is 38.8 Å². The highest BCUT2D eigenvalue weighted by molar-refractivity contribution is 7.09. The van der Waals surface area contributed by atoms with Crippen molar-refractivity contribution in [3.05, 3.63) is 85.6 Å². The molecule has 0 radical (unpaired) electrons. The van der Waals surface area contributed by atoms with Gasteiger partial charge in [-0.1, -0.05) is 30.3 Å². The Balaban J connectivity index is 1.47. The minimum atomic E-state index is 0.759. The first-order valence-corrected chi connectivity index (χ1v) is 9.21. The first kappa shape index (κ1) is 15.7. The average Bonchev–Trinajstić information content (AvgIpc) is 3.39. The van der Waals surface area contributed by atoms with Gasteiger partial charge < -0.3 is 9.14 Å². The van der Waals surface area contributed by atoms with Gasteiger partial charge in [0.05, 0.1) is 17.5 Å². The zero-order chi connectivity index (χ0) is 18.1. The summed E-state index contributed by atoms with van der Waals surface area (Å²) in [6, 6.07) is 21.9. The van der Waals surface area contributed by atoms with Crippen molar-refractivity contribution in [2.24, 2.45) is 0 Å². The highest BCUT2D eigenvalue weighted by Gasteiger charge is 2.09. The molecule has 130 valence electrons. The number of rotatable bonds is 4. The Hall–Kier alpha value is -3.51. The molecule has 0 spiro atoms. The van der Waals surface area contributed by atoms with Crippen molar-refractivity contribution in [1.82, 2.24) is 18.7 Å². The van der Waals surface area contributed by atoms with E-state index in [1.54, 1.807) is 6.33 Å². The van der Waals surface area contributed by atoms with E-state index in [2.05, 4.69) is 20.4 Å². The third-order valence-electron chi connectivity index (χ3n) is 4.23. The monoisotopic (exact) mass is 370 g/mol. The summed E-state index contributed by atoms with van der Waals surface area (Å²) in [5, 5.41) is 0.874. The molecule has 0 fully saturated rings. The number of imidazole rings is 1. The SMILES string of the molecule is c1cc(Oc2cccc(-c3ncn4ccccc34)c2)cc(-c2ncns2)c1. The maximum atomic E-state index is 6.09. The molecule has 0 saturated heterocycles. The molecule has 3 aromatic heterocycles. The molecular weight excluding hydrogens is 356 g/mol. The van der Waals surface area contributed by atoms with Crippen molar-refractivity contribution < 1.29 is 4.74 Å². The second kappa shape index (κ2) is 6.66. The van der Waals surface area contributed by atoms with E-state index in [1.165, 1.54) is 11.5 Å². The van der Waals surface area contributed by atoms with E-state index in [1.807, 2.05) is 77.6 Å². The third-order valence-corrected chi connectivity index (χ3v) is 4.94. The Morgan fingerprint density at radius 1 is 0.815 bits per heavy atom. The highest BCUT2D eigenvalue weighted by Crippen LogP contribution is 2.31. The van der Waals surface area contributed by atoms with Gasteiger partial charge in [0.15, 0.2) is 0 Å². The maximum Gasteiger partial charge on any atom is 0.143 e. The van der Waals surface area contributed by atoms with Gasteiger partial charge in [-0.3, -0.25) is 0 Å². The molecule has 3 heterocycles. The molecule has 0 aliphatic rings. The van der Waals surface area contributed by atoms with Crippen LogP contribution in [0.2, 0.25) is 0 Å². The minimum absolute atomic E-state index is 0.759. The molecule has 6 heteroatoms. The van der Waals surface area contributed by atoms with E-state index in [0.29, 0.717) is 0 Å². The van der Waals surface area contributed by atoms with Crippen LogP contribution in [0.15, 0.2) is 85.6 Å². The van der Waals surface area contributed by atoms with Crippen LogP contribution in [-0.2, 0) is 0 Å². The second-order valence-corrected chi connectivity index (χ2v) is 6.77. The molecule has 0 unspecified atom stereocenters. The van der Waals surface area contributed by atoms with E-state index in [-0.39, 0.29) is 0 Å². The average molecular weight is 370 g/mol. The topological polar surface area (TPSA) is 52.3 Å². The summed E-state index contributed by atoms with van der Waals surface area (Å²) in [5.41, 5.74) is 4.00. The highest BCUT2D eigenvalue weighted by atomic mass is 32.1. The summed E-state index contributed by atoms with van der Waals surface area (Å²) < 4.78 is 12.2. The van der Waals surface area contributed by atoms with Gasteiger partial charge in [0.25, 0.3) is 0 Å². The zero-order valence-electron chi connectivity index (χ0n) is 14.2. The summed E-state index contributed by atoms with van der Waals surface area (Å²) in [5.74, 6) is 1.52. The van der Waals surface area contributed by atoms with Crippen LogP contribution in [0.1, 0.15) is 0 Å². The molecule has 0 atom stereocenters. The zero-order valence-corrected chi connectivity index (χ0v) is 15.0. The molecule has 5 rings (SSSR count). The quantitative estimate of drug-likeness (QED) is 0.430. The number of ether oxygens (including phenoxy) is 1. The first-order valence-electron chi connectivity index (χ1n) is 8.44. The summed E-state index contributed by atoms with van der Waals surface area (Å²) in [4.78, 5) is 8.81. The summed E-state index contributed by atoms with van der Waals surface area (Å²) in [7, 11) is 0. The van der Waals surface area contributed by atoms with Crippen LogP contribution in [0, 0.1) is 0 Å². The van der Waals surface area contributed by atoms with E-state index in [9.17, 15) is 0 Å². The van der Waals surface area contributed by atoms with Gasteiger partial charge in [0, 0.05) is 17.3 Å². The third kappa shape index (κ3) is 3.07. The van der Waals surface area contributed by atoms with Crippen LogP contribution in [0.4, 0.5) is 0 Å². The molecule has 0 N–H and O–H groups in total. The maximum absolute atomic E-state index is 6.09. The lowest BCUT2D eigenvalue weighted by Gasteiger charge is -2.08. The van der Waals surface area contributed by atoms with Crippen LogP contribution in [-0.4, -0.2) is 18.7 Å². The van der Waals surface area contributed by atoms with Crippen LogP contribution in [0.3, 0.4) is 0 Å². The van der Waals surface area contributed by atoms with Gasteiger partial charge in [-0.2, -0.15) is 4.37 Å². The smallest absolute Gasteiger partial charge is 0.143 e. The number of nitrogens with zero attached hydrogens (tertiary/aromatic N) is 4. The van der Waals surface area contributed by atoms with Crippen molar-refractivity contribution in [3.63, 3.8) is 0 Å². The van der Waals surface area contributed by atoms with Crippen molar-refractivity contribution in [3.8, 4) is 33.3 Å². The molecule has 5 aromatic rings. The Morgan fingerprint density at radius 3 is 2.44 bits per heavy atom. The van der Waals surface area contributed by atoms with Crippen molar-refractivity contribution in [1.29, 1.82) is 0 Å². The van der Waals surface area contributed by atoms with Gasteiger partial charge in [0.2, 0.25) is 0 Å². The summed E-state index contributed by atoms with van der Waals surface area (Å²) in [6.45, 7) is 0.